The molecule has 2 N–H and O–H groups in total. The standard InChI is InChI=1S/C15H21FN2O2/c1-3-20-13-9-11(16)5-6-12(13)18-14(19)15(2)7-4-8-17-10-15/h5-6,9,17H,3-4,7-8,10H2,1-2H3,(H,18,19). The Bertz CT molecular complexity index is 485. The van der Waals surface area contributed by atoms with Gasteiger partial charge in [0, 0.05) is 12.6 Å². The van der Waals surface area contributed by atoms with Crippen LogP contribution in [0.1, 0.15) is 26.7 Å². The molecule has 1 amide bonds. The number of halogens is 1. The molecule has 1 unspecified atom stereocenters. The molecule has 1 fully saturated rings. The first-order chi connectivity index (χ1) is 9.55. The summed E-state index contributed by atoms with van der Waals surface area (Å²) in [6.07, 6.45) is 1.82. The second kappa shape index (κ2) is 6.22. The van der Waals surface area contributed by atoms with E-state index in [9.17, 15) is 9.18 Å². The van der Waals surface area contributed by atoms with Crippen LogP contribution in [0.3, 0.4) is 0 Å². The SMILES string of the molecule is CCOc1cc(F)ccc1NC(=O)C1(C)CCCNC1. The number of carbonyl (C=O) groups excluding carboxylic acids is 1. The molecule has 4 nitrogen and oxygen atoms in total. The minimum atomic E-state index is -0.434. The first-order valence-corrected chi connectivity index (χ1v) is 7.00. The monoisotopic (exact) mass is 280 g/mol. The molecule has 0 aromatic heterocycles. The number of hydrogen-bond donors (Lipinski definition) is 2. The highest BCUT2D eigenvalue weighted by Crippen LogP contribution is 2.30. The number of piperidine rings is 1. The van der Waals surface area contributed by atoms with Gasteiger partial charge in [0.2, 0.25) is 5.91 Å². The highest BCUT2D eigenvalue weighted by atomic mass is 19.1. The van der Waals surface area contributed by atoms with E-state index in [1.807, 2.05) is 13.8 Å². The number of anilines is 1. The first-order valence-electron chi connectivity index (χ1n) is 7.00. The number of hydrogen-bond acceptors (Lipinski definition) is 3. The summed E-state index contributed by atoms with van der Waals surface area (Å²) < 4.78 is 18.6. The third-order valence-corrected chi connectivity index (χ3v) is 3.64. The van der Waals surface area contributed by atoms with Crippen molar-refractivity contribution in [1.82, 2.24) is 5.32 Å². The Morgan fingerprint density at radius 2 is 2.35 bits per heavy atom. The summed E-state index contributed by atoms with van der Waals surface area (Å²) in [7, 11) is 0. The van der Waals surface area contributed by atoms with Crippen molar-refractivity contribution in [2.24, 2.45) is 5.41 Å². The smallest absolute Gasteiger partial charge is 0.231 e. The maximum absolute atomic E-state index is 13.2. The number of carbonyl (C=O) groups is 1. The molecule has 1 aliphatic rings. The fourth-order valence-corrected chi connectivity index (χ4v) is 2.40. The topological polar surface area (TPSA) is 50.4 Å². The molecular weight excluding hydrogens is 259 g/mol. The normalized spacial score (nSPS) is 22.4. The Hall–Kier alpha value is -1.62. The molecule has 0 aliphatic carbocycles. The molecule has 1 atom stereocenters. The zero-order valence-corrected chi connectivity index (χ0v) is 12.0. The lowest BCUT2D eigenvalue weighted by Gasteiger charge is -2.32. The average Bonchev–Trinajstić information content (AvgIpc) is 2.43. The molecule has 0 saturated carbocycles. The summed E-state index contributed by atoms with van der Waals surface area (Å²) in [5.41, 5.74) is 0.0842. The molecule has 5 heteroatoms. The van der Waals surface area contributed by atoms with Crippen LogP contribution in [-0.4, -0.2) is 25.6 Å². The van der Waals surface area contributed by atoms with Crippen molar-refractivity contribution in [1.29, 1.82) is 0 Å². The highest BCUT2D eigenvalue weighted by molar-refractivity contribution is 5.96. The second-order valence-corrected chi connectivity index (χ2v) is 5.37. The Morgan fingerprint density at radius 3 is 3.00 bits per heavy atom. The molecule has 2 rings (SSSR count). The highest BCUT2D eigenvalue weighted by Gasteiger charge is 2.34. The van der Waals surface area contributed by atoms with Gasteiger partial charge in [0.15, 0.2) is 0 Å². The van der Waals surface area contributed by atoms with Crippen molar-refractivity contribution in [3.05, 3.63) is 24.0 Å². The third kappa shape index (κ3) is 3.28. The molecule has 1 saturated heterocycles. The van der Waals surface area contributed by atoms with Crippen molar-refractivity contribution in [3.63, 3.8) is 0 Å². The van der Waals surface area contributed by atoms with Crippen LogP contribution in [0.2, 0.25) is 0 Å². The predicted octanol–water partition coefficient (Wildman–Crippen LogP) is 2.55. The first kappa shape index (κ1) is 14.8. The van der Waals surface area contributed by atoms with E-state index in [4.69, 9.17) is 4.74 Å². The predicted molar refractivity (Wildman–Crippen MR) is 76.4 cm³/mol. The summed E-state index contributed by atoms with van der Waals surface area (Å²) >= 11 is 0. The van der Waals surface area contributed by atoms with Crippen LogP contribution in [0.5, 0.6) is 5.75 Å². The number of amides is 1. The summed E-state index contributed by atoms with van der Waals surface area (Å²) in [5, 5.41) is 6.10. The van der Waals surface area contributed by atoms with E-state index in [-0.39, 0.29) is 11.7 Å². The molecule has 0 radical (unpaired) electrons. The molecule has 1 aromatic rings. The molecule has 20 heavy (non-hydrogen) atoms. The fraction of sp³-hybridized carbons (Fsp3) is 0.533. The second-order valence-electron chi connectivity index (χ2n) is 5.37. The molecule has 110 valence electrons. The van der Waals surface area contributed by atoms with Crippen LogP contribution in [0.4, 0.5) is 10.1 Å². The number of nitrogens with one attached hydrogen (secondary N) is 2. The van der Waals surface area contributed by atoms with Crippen LogP contribution in [0.25, 0.3) is 0 Å². The van der Waals surface area contributed by atoms with E-state index in [1.54, 1.807) is 0 Å². The Balaban J connectivity index is 2.14. The Kier molecular flexibility index (Phi) is 4.60. The Morgan fingerprint density at radius 1 is 1.55 bits per heavy atom. The molecule has 1 heterocycles. The average molecular weight is 280 g/mol. The van der Waals surface area contributed by atoms with Crippen molar-refractivity contribution in [3.8, 4) is 5.75 Å². The van der Waals surface area contributed by atoms with Gasteiger partial charge >= 0.3 is 0 Å². The van der Waals surface area contributed by atoms with Crippen LogP contribution in [0.15, 0.2) is 18.2 Å². The van der Waals surface area contributed by atoms with Crippen LogP contribution < -0.4 is 15.4 Å². The third-order valence-electron chi connectivity index (χ3n) is 3.64. The molecular formula is C15H21FN2O2. The van der Waals surface area contributed by atoms with Gasteiger partial charge in [-0.15, -0.1) is 0 Å². The lowest BCUT2D eigenvalue weighted by molar-refractivity contribution is -0.125. The van der Waals surface area contributed by atoms with Crippen LogP contribution in [0, 0.1) is 11.2 Å². The van der Waals surface area contributed by atoms with Crippen molar-refractivity contribution in [2.45, 2.75) is 26.7 Å². The Labute approximate surface area is 118 Å². The summed E-state index contributed by atoms with van der Waals surface area (Å²) in [6, 6.07) is 4.15. The zero-order chi connectivity index (χ0) is 14.6. The summed E-state index contributed by atoms with van der Waals surface area (Å²) in [6.45, 7) is 5.79. The van der Waals surface area contributed by atoms with E-state index in [1.165, 1.54) is 18.2 Å². The lowest BCUT2D eigenvalue weighted by atomic mass is 9.82. The van der Waals surface area contributed by atoms with E-state index >= 15 is 0 Å². The van der Waals surface area contributed by atoms with E-state index in [0.29, 0.717) is 24.6 Å². The van der Waals surface area contributed by atoms with E-state index in [2.05, 4.69) is 10.6 Å². The van der Waals surface area contributed by atoms with Gasteiger partial charge in [-0.25, -0.2) is 4.39 Å². The van der Waals surface area contributed by atoms with Gasteiger partial charge in [-0.3, -0.25) is 4.79 Å². The van der Waals surface area contributed by atoms with Gasteiger partial charge in [-0.1, -0.05) is 0 Å². The van der Waals surface area contributed by atoms with Gasteiger partial charge < -0.3 is 15.4 Å². The van der Waals surface area contributed by atoms with E-state index in [0.717, 1.165) is 19.4 Å². The van der Waals surface area contributed by atoms with E-state index < -0.39 is 5.41 Å². The fourth-order valence-electron chi connectivity index (χ4n) is 2.40. The summed E-state index contributed by atoms with van der Waals surface area (Å²) in [4.78, 5) is 12.4. The van der Waals surface area contributed by atoms with Crippen molar-refractivity contribution < 1.29 is 13.9 Å². The number of rotatable bonds is 4. The molecule has 1 aromatic carbocycles. The lowest BCUT2D eigenvalue weighted by Crippen LogP contribution is -2.46. The van der Waals surface area contributed by atoms with Gasteiger partial charge in [0.25, 0.3) is 0 Å². The van der Waals surface area contributed by atoms with Gasteiger partial charge in [0.05, 0.1) is 17.7 Å². The maximum atomic E-state index is 13.2. The molecule has 0 spiro atoms. The molecule has 0 bridgehead atoms. The zero-order valence-electron chi connectivity index (χ0n) is 12.0. The van der Waals surface area contributed by atoms with Crippen LogP contribution in [-0.2, 0) is 4.79 Å². The van der Waals surface area contributed by atoms with Crippen molar-refractivity contribution in [2.75, 3.05) is 25.0 Å². The number of ether oxygens (including phenoxy) is 1. The van der Waals surface area contributed by atoms with Crippen molar-refractivity contribution >= 4 is 11.6 Å². The van der Waals surface area contributed by atoms with Gasteiger partial charge in [-0.05, 0) is 45.4 Å². The number of benzene rings is 1. The van der Waals surface area contributed by atoms with Gasteiger partial charge in [-0.2, -0.15) is 0 Å². The molecule has 1 aliphatic heterocycles. The minimum absolute atomic E-state index is 0.0581. The van der Waals surface area contributed by atoms with Crippen LogP contribution >= 0.6 is 0 Å². The van der Waals surface area contributed by atoms with Gasteiger partial charge in [0.1, 0.15) is 11.6 Å². The summed E-state index contributed by atoms with van der Waals surface area (Å²) in [5.74, 6) is -0.0672. The quantitative estimate of drug-likeness (QED) is 0.891. The minimum Gasteiger partial charge on any atom is -0.492 e. The largest absolute Gasteiger partial charge is 0.492 e. The maximum Gasteiger partial charge on any atom is 0.231 e.